The first kappa shape index (κ1) is 16.8. The normalized spacial score (nSPS) is 13.9. The van der Waals surface area contributed by atoms with E-state index in [4.69, 9.17) is 11.1 Å². The molecule has 1 aliphatic rings. The van der Waals surface area contributed by atoms with Gasteiger partial charge in [0.25, 0.3) is 0 Å². The van der Waals surface area contributed by atoms with Crippen LogP contribution in [0.1, 0.15) is 42.9 Å². The molecule has 0 spiro atoms. The fraction of sp³-hybridized carbons (Fsp3) is 0.611. The van der Waals surface area contributed by atoms with Gasteiger partial charge in [-0.15, -0.1) is 0 Å². The maximum Gasteiger partial charge on any atom is 0.194 e. The molecule has 0 bridgehead atoms. The molecular weight excluding hydrogens is 272 g/mol. The van der Waals surface area contributed by atoms with Crippen LogP contribution in [0.3, 0.4) is 0 Å². The minimum atomic E-state index is 0.674. The Morgan fingerprint density at radius 3 is 2.77 bits per heavy atom. The Morgan fingerprint density at radius 1 is 1.27 bits per heavy atom. The lowest BCUT2D eigenvalue weighted by Crippen LogP contribution is -2.46. The number of nitrogens with one attached hydrogen (secondary N) is 1. The minimum Gasteiger partial charge on any atom is -0.343 e. The summed E-state index contributed by atoms with van der Waals surface area (Å²) < 4.78 is 0. The van der Waals surface area contributed by atoms with E-state index in [2.05, 4.69) is 41.8 Å². The highest BCUT2D eigenvalue weighted by Gasteiger charge is 2.21. The van der Waals surface area contributed by atoms with Gasteiger partial charge in [-0.3, -0.25) is 5.41 Å². The number of nitrogens with two attached hydrogens (primary N) is 1. The van der Waals surface area contributed by atoms with Crippen molar-refractivity contribution in [2.75, 3.05) is 26.2 Å². The molecule has 122 valence electrons. The van der Waals surface area contributed by atoms with Gasteiger partial charge in [-0.05, 0) is 43.9 Å². The standard InChI is InChI=1S/C18H30N4/c1-3-4-10-21(11-5-9-19)18(20)22-12-8-16-13-15(2)6-7-17(16)14-22/h6-7,13,20H,3-5,8-12,14,19H2,1-2H3. The summed E-state index contributed by atoms with van der Waals surface area (Å²) in [5.74, 6) is 0.674. The summed E-state index contributed by atoms with van der Waals surface area (Å²) in [5, 5.41) is 8.59. The average Bonchev–Trinajstić information content (AvgIpc) is 2.54. The Balaban J connectivity index is 2.02. The summed E-state index contributed by atoms with van der Waals surface area (Å²) >= 11 is 0. The molecule has 0 fully saturated rings. The minimum absolute atomic E-state index is 0.674. The third-order valence-electron chi connectivity index (χ3n) is 4.39. The molecule has 0 aliphatic carbocycles. The first-order valence-electron chi connectivity index (χ1n) is 8.52. The number of unbranched alkanes of at least 4 members (excludes halogenated alkanes) is 1. The van der Waals surface area contributed by atoms with Crippen molar-refractivity contribution in [3.8, 4) is 0 Å². The van der Waals surface area contributed by atoms with E-state index >= 15 is 0 Å². The van der Waals surface area contributed by atoms with Gasteiger partial charge in [0.05, 0.1) is 0 Å². The average molecular weight is 302 g/mol. The Hall–Kier alpha value is -1.55. The monoisotopic (exact) mass is 302 g/mol. The number of hydrogen-bond acceptors (Lipinski definition) is 2. The second kappa shape index (κ2) is 8.18. The fourth-order valence-corrected chi connectivity index (χ4v) is 3.02. The molecule has 0 atom stereocenters. The predicted octanol–water partition coefficient (Wildman–Crippen LogP) is 2.74. The van der Waals surface area contributed by atoms with Crippen LogP contribution in [0.2, 0.25) is 0 Å². The quantitative estimate of drug-likeness (QED) is 0.627. The molecule has 0 aromatic heterocycles. The second-order valence-electron chi connectivity index (χ2n) is 6.25. The lowest BCUT2D eigenvalue weighted by Gasteiger charge is -2.36. The SMILES string of the molecule is CCCCN(CCCN)C(=N)N1CCc2cc(C)ccc2C1. The number of fused-ring (bicyclic) bond motifs is 1. The first-order chi connectivity index (χ1) is 10.7. The van der Waals surface area contributed by atoms with Crippen molar-refractivity contribution in [2.45, 2.75) is 46.1 Å². The molecule has 1 heterocycles. The number of benzene rings is 1. The fourth-order valence-electron chi connectivity index (χ4n) is 3.02. The highest BCUT2D eigenvalue weighted by molar-refractivity contribution is 5.77. The number of guanidine groups is 1. The van der Waals surface area contributed by atoms with E-state index in [1.165, 1.54) is 16.7 Å². The Bertz CT molecular complexity index is 490. The van der Waals surface area contributed by atoms with Gasteiger partial charge in [0.1, 0.15) is 0 Å². The molecule has 0 saturated heterocycles. The van der Waals surface area contributed by atoms with Gasteiger partial charge in [-0.2, -0.15) is 0 Å². The molecule has 0 amide bonds. The number of aryl methyl sites for hydroxylation is 1. The van der Waals surface area contributed by atoms with E-state index in [9.17, 15) is 0 Å². The van der Waals surface area contributed by atoms with Crippen LogP contribution in [0.4, 0.5) is 0 Å². The second-order valence-corrected chi connectivity index (χ2v) is 6.25. The van der Waals surface area contributed by atoms with Gasteiger partial charge in [-0.1, -0.05) is 37.1 Å². The number of rotatable bonds is 6. The summed E-state index contributed by atoms with van der Waals surface area (Å²) in [7, 11) is 0. The zero-order valence-corrected chi connectivity index (χ0v) is 14.1. The summed E-state index contributed by atoms with van der Waals surface area (Å²) in [5.41, 5.74) is 9.80. The maximum absolute atomic E-state index is 8.59. The van der Waals surface area contributed by atoms with E-state index in [0.717, 1.165) is 51.9 Å². The molecule has 4 nitrogen and oxygen atoms in total. The molecule has 1 aliphatic heterocycles. The van der Waals surface area contributed by atoms with Crippen molar-refractivity contribution < 1.29 is 0 Å². The molecule has 0 saturated carbocycles. The zero-order valence-electron chi connectivity index (χ0n) is 14.1. The zero-order chi connectivity index (χ0) is 15.9. The Morgan fingerprint density at radius 2 is 2.05 bits per heavy atom. The van der Waals surface area contributed by atoms with Gasteiger partial charge in [-0.25, -0.2) is 0 Å². The van der Waals surface area contributed by atoms with Crippen LogP contribution in [0.5, 0.6) is 0 Å². The van der Waals surface area contributed by atoms with Gasteiger partial charge in [0.15, 0.2) is 5.96 Å². The summed E-state index contributed by atoms with van der Waals surface area (Å²) in [6.07, 6.45) is 4.29. The van der Waals surface area contributed by atoms with Crippen molar-refractivity contribution in [1.82, 2.24) is 9.80 Å². The van der Waals surface area contributed by atoms with E-state index < -0.39 is 0 Å². The third kappa shape index (κ3) is 4.23. The number of nitrogens with zero attached hydrogens (tertiary/aromatic N) is 2. The van der Waals surface area contributed by atoms with Crippen molar-refractivity contribution in [2.24, 2.45) is 5.73 Å². The molecule has 3 N–H and O–H groups in total. The summed E-state index contributed by atoms with van der Waals surface area (Å²) in [6, 6.07) is 6.69. The summed E-state index contributed by atoms with van der Waals surface area (Å²) in [6.45, 7) is 8.70. The van der Waals surface area contributed by atoms with Gasteiger partial charge in [0.2, 0.25) is 0 Å². The van der Waals surface area contributed by atoms with Crippen LogP contribution in [0, 0.1) is 12.3 Å². The van der Waals surface area contributed by atoms with Gasteiger partial charge >= 0.3 is 0 Å². The largest absolute Gasteiger partial charge is 0.343 e. The van der Waals surface area contributed by atoms with E-state index in [1.54, 1.807) is 0 Å². The van der Waals surface area contributed by atoms with Crippen LogP contribution in [-0.2, 0) is 13.0 Å². The van der Waals surface area contributed by atoms with E-state index in [-0.39, 0.29) is 0 Å². The van der Waals surface area contributed by atoms with Crippen LogP contribution in [0.25, 0.3) is 0 Å². The van der Waals surface area contributed by atoms with E-state index in [1.807, 2.05) is 0 Å². The topological polar surface area (TPSA) is 56.4 Å². The van der Waals surface area contributed by atoms with Crippen molar-refractivity contribution >= 4 is 5.96 Å². The Kier molecular flexibility index (Phi) is 6.25. The molecular formula is C18H30N4. The Labute approximate surface area is 134 Å². The summed E-state index contributed by atoms with van der Waals surface area (Å²) in [4.78, 5) is 4.42. The highest BCUT2D eigenvalue weighted by atomic mass is 15.4. The van der Waals surface area contributed by atoms with Crippen molar-refractivity contribution in [1.29, 1.82) is 5.41 Å². The van der Waals surface area contributed by atoms with Crippen LogP contribution in [-0.4, -0.2) is 41.9 Å². The van der Waals surface area contributed by atoms with Crippen molar-refractivity contribution in [3.63, 3.8) is 0 Å². The van der Waals surface area contributed by atoms with Crippen molar-refractivity contribution in [3.05, 3.63) is 34.9 Å². The lowest BCUT2D eigenvalue weighted by atomic mass is 9.98. The molecule has 0 radical (unpaired) electrons. The molecule has 0 unspecified atom stereocenters. The van der Waals surface area contributed by atoms with Crippen LogP contribution >= 0.6 is 0 Å². The van der Waals surface area contributed by atoms with Gasteiger partial charge in [0, 0.05) is 26.2 Å². The first-order valence-corrected chi connectivity index (χ1v) is 8.52. The predicted molar refractivity (Wildman–Crippen MR) is 93.2 cm³/mol. The highest BCUT2D eigenvalue weighted by Crippen LogP contribution is 2.21. The van der Waals surface area contributed by atoms with Crippen LogP contribution in [0.15, 0.2) is 18.2 Å². The smallest absolute Gasteiger partial charge is 0.194 e. The molecule has 2 rings (SSSR count). The molecule has 22 heavy (non-hydrogen) atoms. The molecule has 1 aromatic carbocycles. The lowest BCUT2D eigenvalue weighted by molar-refractivity contribution is 0.294. The maximum atomic E-state index is 8.59. The van der Waals surface area contributed by atoms with E-state index in [0.29, 0.717) is 12.5 Å². The van der Waals surface area contributed by atoms with Crippen LogP contribution < -0.4 is 5.73 Å². The van der Waals surface area contributed by atoms with Gasteiger partial charge < -0.3 is 15.5 Å². The number of hydrogen-bond donors (Lipinski definition) is 2. The molecule has 1 aromatic rings. The molecule has 4 heteroatoms. The third-order valence-corrected chi connectivity index (χ3v) is 4.39.